The van der Waals surface area contributed by atoms with Gasteiger partial charge in [0.25, 0.3) is 5.69 Å². The number of benzene rings is 2. The number of nitrogens with zero attached hydrogens (tertiary/aromatic N) is 2. The van der Waals surface area contributed by atoms with E-state index in [2.05, 4.69) is 4.99 Å². The van der Waals surface area contributed by atoms with E-state index < -0.39 is 22.6 Å². The molecule has 0 N–H and O–H groups in total. The van der Waals surface area contributed by atoms with Crippen LogP contribution in [0.25, 0.3) is 6.08 Å². The SMILES string of the molecule is COc1cc(/C=C2\N=C(c3ccc(C(F)(F)F)cc3)OC2=O)c([N+](=O)[O-])cc1OC. The van der Waals surface area contributed by atoms with E-state index in [1.54, 1.807) is 0 Å². The minimum Gasteiger partial charge on any atom is -0.493 e. The highest BCUT2D eigenvalue weighted by Crippen LogP contribution is 2.36. The van der Waals surface area contributed by atoms with Gasteiger partial charge in [0, 0.05) is 5.56 Å². The van der Waals surface area contributed by atoms with E-state index in [-0.39, 0.29) is 39.9 Å². The fourth-order valence-corrected chi connectivity index (χ4v) is 2.64. The van der Waals surface area contributed by atoms with Gasteiger partial charge in [0.05, 0.1) is 36.3 Å². The number of hydrogen-bond donors (Lipinski definition) is 0. The van der Waals surface area contributed by atoms with Crippen LogP contribution in [0.2, 0.25) is 0 Å². The maximum absolute atomic E-state index is 12.7. The standard InChI is InChI=1S/C19H13F3N2O6/c1-28-15-8-11(14(24(26)27)9-16(15)29-2)7-13-18(25)30-17(23-13)10-3-5-12(6-4-10)19(20,21)22/h3-9H,1-2H3/b13-7-. The molecule has 0 bridgehead atoms. The molecule has 0 unspecified atom stereocenters. The van der Waals surface area contributed by atoms with Gasteiger partial charge >= 0.3 is 12.1 Å². The van der Waals surface area contributed by atoms with Crippen molar-refractivity contribution < 1.29 is 37.1 Å². The number of hydrogen-bond acceptors (Lipinski definition) is 7. The van der Waals surface area contributed by atoms with Crippen LogP contribution in [0.5, 0.6) is 11.5 Å². The number of nitro groups is 1. The Morgan fingerprint density at radius 1 is 1.10 bits per heavy atom. The van der Waals surface area contributed by atoms with Crippen LogP contribution in [0.15, 0.2) is 47.1 Å². The van der Waals surface area contributed by atoms with Crippen LogP contribution in [0.3, 0.4) is 0 Å². The number of esters is 1. The van der Waals surface area contributed by atoms with Gasteiger partial charge in [-0.3, -0.25) is 10.1 Å². The molecule has 1 aliphatic heterocycles. The van der Waals surface area contributed by atoms with Gasteiger partial charge in [-0.1, -0.05) is 0 Å². The second-order valence-corrected chi connectivity index (χ2v) is 5.93. The van der Waals surface area contributed by atoms with Crippen LogP contribution in [-0.2, 0) is 15.7 Å². The number of nitro benzene ring substituents is 1. The van der Waals surface area contributed by atoms with Crippen molar-refractivity contribution >= 4 is 23.6 Å². The number of carbonyl (C=O) groups is 1. The fourth-order valence-electron chi connectivity index (χ4n) is 2.64. The van der Waals surface area contributed by atoms with Crippen LogP contribution in [-0.4, -0.2) is 31.0 Å². The van der Waals surface area contributed by atoms with Gasteiger partial charge < -0.3 is 14.2 Å². The Balaban J connectivity index is 2.01. The molecule has 156 valence electrons. The van der Waals surface area contributed by atoms with Gasteiger partial charge in [-0.05, 0) is 36.4 Å². The molecule has 0 fully saturated rings. The van der Waals surface area contributed by atoms with Crippen molar-refractivity contribution in [2.75, 3.05) is 14.2 Å². The lowest BCUT2D eigenvalue weighted by molar-refractivity contribution is -0.385. The zero-order valence-electron chi connectivity index (χ0n) is 15.5. The lowest BCUT2D eigenvalue weighted by Gasteiger charge is -2.08. The molecule has 0 saturated carbocycles. The Labute approximate surface area is 167 Å². The summed E-state index contributed by atoms with van der Waals surface area (Å²) in [6, 6.07) is 6.29. The second-order valence-electron chi connectivity index (χ2n) is 5.93. The van der Waals surface area contributed by atoms with Crippen LogP contribution in [0, 0.1) is 10.1 Å². The summed E-state index contributed by atoms with van der Waals surface area (Å²) >= 11 is 0. The van der Waals surface area contributed by atoms with Gasteiger partial charge in [0.2, 0.25) is 5.90 Å². The lowest BCUT2D eigenvalue weighted by Crippen LogP contribution is -2.08. The first-order chi connectivity index (χ1) is 14.1. The van der Waals surface area contributed by atoms with Crippen molar-refractivity contribution in [1.82, 2.24) is 0 Å². The quantitative estimate of drug-likeness (QED) is 0.313. The predicted molar refractivity (Wildman–Crippen MR) is 98.3 cm³/mol. The average Bonchev–Trinajstić information content (AvgIpc) is 3.07. The van der Waals surface area contributed by atoms with E-state index in [4.69, 9.17) is 14.2 Å². The maximum Gasteiger partial charge on any atom is 0.416 e. The summed E-state index contributed by atoms with van der Waals surface area (Å²) in [7, 11) is 2.65. The molecular weight excluding hydrogens is 409 g/mol. The molecule has 0 atom stereocenters. The number of methoxy groups -OCH3 is 2. The van der Waals surface area contributed by atoms with Gasteiger partial charge in [0.1, 0.15) is 0 Å². The maximum atomic E-state index is 12.7. The monoisotopic (exact) mass is 422 g/mol. The zero-order chi connectivity index (χ0) is 22.1. The van der Waals surface area contributed by atoms with Gasteiger partial charge in [-0.2, -0.15) is 13.2 Å². The lowest BCUT2D eigenvalue weighted by atomic mass is 10.1. The number of carbonyl (C=O) groups excluding carboxylic acids is 1. The number of alkyl halides is 3. The molecule has 11 heteroatoms. The number of aliphatic imine (C=N–C) groups is 1. The third-order valence-corrected chi connectivity index (χ3v) is 4.10. The smallest absolute Gasteiger partial charge is 0.416 e. The molecule has 0 spiro atoms. The Bertz CT molecular complexity index is 1070. The average molecular weight is 422 g/mol. The fraction of sp³-hybridized carbons (Fsp3) is 0.158. The van der Waals surface area contributed by atoms with Crippen LogP contribution < -0.4 is 9.47 Å². The second kappa shape index (κ2) is 7.85. The number of rotatable bonds is 5. The molecule has 0 aromatic heterocycles. The summed E-state index contributed by atoms with van der Waals surface area (Å²) in [4.78, 5) is 26.8. The molecule has 0 radical (unpaired) electrons. The first kappa shape index (κ1) is 20.8. The minimum atomic E-state index is -4.51. The third kappa shape index (κ3) is 4.09. The molecule has 30 heavy (non-hydrogen) atoms. The Morgan fingerprint density at radius 3 is 2.23 bits per heavy atom. The molecule has 2 aromatic carbocycles. The van der Waals surface area contributed by atoms with E-state index in [1.165, 1.54) is 20.3 Å². The van der Waals surface area contributed by atoms with Crippen molar-refractivity contribution in [2.45, 2.75) is 6.18 Å². The summed E-state index contributed by atoms with van der Waals surface area (Å²) in [5.41, 5.74) is -1.36. The van der Waals surface area contributed by atoms with Crippen molar-refractivity contribution in [1.29, 1.82) is 0 Å². The summed E-state index contributed by atoms with van der Waals surface area (Å²) in [6.45, 7) is 0. The highest BCUT2D eigenvalue weighted by molar-refractivity contribution is 6.13. The minimum absolute atomic E-state index is 0.00187. The highest BCUT2D eigenvalue weighted by atomic mass is 19.4. The number of ether oxygens (including phenoxy) is 3. The molecular formula is C19H13F3N2O6. The van der Waals surface area contributed by atoms with E-state index in [9.17, 15) is 28.1 Å². The van der Waals surface area contributed by atoms with E-state index in [0.29, 0.717) is 0 Å². The van der Waals surface area contributed by atoms with Crippen LogP contribution in [0.4, 0.5) is 18.9 Å². The zero-order valence-corrected chi connectivity index (χ0v) is 15.5. The summed E-state index contributed by atoms with van der Waals surface area (Å²) < 4.78 is 53.2. The van der Waals surface area contributed by atoms with Gasteiger partial charge in [-0.15, -0.1) is 0 Å². The molecule has 1 heterocycles. The molecule has 2 aromatic rings. The van der Waals surface area contributed by atoms with Crippen molar-refractivity contribution in [3.05, 3.63) is 68.9 Å². The van der Waals surface area contributed by atoms with Crippen molar-refractivity contribution in [3.8, 4) is 11.5 Å². The molecule has 8 nitrogen and oxygen atoms in total. The molecule has 3 rings (SSSR count). The van der Waals surface area contributed by atoms with E-state index in [1.807, 2.05) is 0 Å². The molecule has 0 aliphatic carbocycles. The Morgan fingerprint density at radius 2 is 1.70 bits per heavy atom. The summed E-state index contributed by atoms with van der Waals surface area (Å²) in [5, 5.41) is 11.4. The van der Waals surface area contributed by atoms with Crippen LogP contribution in [0.1, 0.15) is 16.7 Å². The summed E-state index contributed by atoms with van der Waals surface area (Å²) in [5.74, 6) is -0.820. The van der Waals surface area contributed by atoms with Crippen molar-refractivity contribution in [3.63, 3.8) is 0 Å². The summed E-state index contributed by atoms with van der Waals surface area (Å²) in [6.07, 6.45) is -3.39. The Hall–Kier alpha value is -3.89. The topological polar surface area (TPSA) is 100 Å². The van der Waals surface area contributed by atoms with Gasteiger partial charge in [-0.25, -0.2) is 9.79 Å². The third-order valence-electron chi connectivity index (χ3n) is 4.10. The molecule has 0 saturated heterocycles. The normalized spacial score (nSPS) is 15.0. The Kier molecular flexibility index (Phi) is 5.45. The van der Waals surface area contributed by atoms with E-state index >= 15 is 0 Å². The van der Waals surface area contributed by atoms with Crippen LogP contribution >= 0.6 is 0 Å². The largest absolute Gasteiger partial charge is 0.493 e. The number of cyclic esters (lactones) is 1. The first-order valence-electron chi connectivity index (χ1n) is 8.24. The van der Waals surface area contributed by atoms with E-state index in [0.717, 1.165) is 36.4 Å². The van der Waals surface area contributed by atoms with Crippen molar-refractivity contribution in [2.24, 2.45) is 4.99 Å². The van der Waals surface area contributed by atoms with Gasteiger partial charge in [0.15, 0.2) is 17.2 Å². The predicted octanol–water partition coefficient (Wildman–Crippen LogP) is 3.98. The highest BCUT2D eigenvalue weighted by Gasteiger charge is 2.31. The number of halogens is 3. The molecule has 1 aliphatic rings. The first-order valence-corrected chi connectivity index (χ1v) is 8.24. The molecule has 0 amide bonds.